The summed E-state index contributed by atoms with van der Waals surface area (Å²) in [5.41, 5.74) is 7.22. The second-order valence-electron chi connectivity index (χ2n) is 3.96. The molecule has 0 fully saturated rings. The molecule has 0 spiro atoms. The summed E-state index contributed by atoms with van der Waals surface area (Å²) in [6, 6.07) is 6.22. The summed E-state index contributed by atoms with van der Waals surface area (Å²) in [5.74, 6) is 0.603. The number of carbonyl (C=O) groups excluding carboxylic acids is 1. The zero-order valence-corrected chi connectivity index (χ0v) is 9.30. The van der Waals surface area contributed by atoms with Gasteiger partial charge < -0.3 is 10.6 Å². The molecule has 0 saturated carbocycles. The predicted octanol–water partition coefficient (Wildman–Crippen LogP) is 1.66. The van der Waals surface area contributed by atoms with E-state index in [1.807, 2.05) is 13.0 Å². The molecule has 1 aromatic rings. The summed E-state index contributed by atoms with van der Waals surface area (Å²) < 4.78 is 0. The Labute approximate surface area is 92.6 Å². The van der Waals surface area contributed by atoms with Gasteiger partial charge in [-0.3, -0.25) is 4.79 Å². The standard InChI is InChI=1S/C11H12N2OS/c1-2-11(10(12)14)7-3-4-8-9(5-7)15-6-13(8)11/h3-5H,2,6H2,1H3,(H2,12,14). The number of primary amides is 1. The van der Waals surface area contributed by atoms with E-state index in [0.29, 0.717) is 0 Å². The second kappa shape index (κ2) is 2.70. The smallest absolute Gasteiger partial charge is 0.248 e. The first kappa shape index (κ1) is 9.09. The van der Waals surface area contributed by atoms with Crippen LogP contribution in [0.3, 0.4) is 0 Å². The van der Waals surface area contributed by atoms with Crippen LogP contribution in [0.5, 0.6) is 0 Å². The Morgan fingerprint density at radius 2 is 2.47 bits per heavy atom. The molecule has 1 amide bonds. The van der Waals surface area contributed by atoms with E-state index in [9.17, 15) is 4.79 Å². The van der Waals surface area contributed by atoms with E-state index in [-0.39, 0.29) is 5.91 Å². The number of thioether (sulfide) groups is 1. The van der Waals surface area contributed by atoms with Crippen LogP contribution in [0.15, 0.2) is 23.1 Å². The molecule has 1 aromatic carbocycles. The first-order chi connectivity index (χ1) is 7.20. The monoisotopic (exact) mass is 220 g/mol. The van der Waals surface area contributed by atoms with Crippen molar-refractivity contribution in [2.75, 3.05) is 10.8 Å². The van der Waals surface area contributed by atoms with Crippen molar-refractivity contribution in [1.29, 1.82) is 0 Å². The van der Waals surface area contributed by atoms with E-state index in [0.717, 1.165) is 23.5 Å². The van der Waals surface area contributed by atoms with Gasteiger partial charge in [-0.2, -0.15) is 0 Å². The van der Waals surface area contributed by atoms with Crippen LogP contribution in [0.1, 0.15) is 18.9 Å². The van der Waals surface area contributed by atoms with Crippen LogP contribution in [0.2, 0.25) is 0 Å². The number of carbonyl (C=O) groups is 1. The minimum absolute atomic E-state index is 0.236. The van der Waals surface area contributed by atoms with Crippen LogP contribution in [0, 0.1) is 0 Å². The van der Waals surface area contributed by atoms with Gasteiger partial charge in [-0.05, 0) is 24.1 Å². The average Bonchev–Trinajstić information content (AvgIpc) is 2.59. The summed E-state index contributed by atoms with van der Waals surface area (Å²) >= 11 is 1.78. The van der Waals surface area contributed by atoms with Gasteiger partial charge >= 0.3 is 0 Å². The van der Waals surface area contributed by atoms with Crippen molar-refractivity contribution >= 4 is 23.4 Å². The molecule has 4 rings (SSSR count). The average molecular weight is 220 g/mol. The minimum Gasteiger partial charge on any atom is -0.367 e. The van der Waals surface area contributed by atoms with Gasteiger partial charge in [0, 0.05) is 4.90 Å². The quantitative estimate of drug-likeness (QED) is 0.824. The third-order valence-electron chi connectivity index (χ3n) is 3.46. The number of anilines is 1. The molecule has 3 aliphatic heterocycles. The lowest BCUT2D eigenvalue weighted by Gasteiger charge is -2.43. The predicted molar refractivity (Wildman–Crippen MR) is 60.8 cm³/mol. The highest BCUT2D eigenvalue weighted by molar-refractivity contribution is 7.99. The summed E-state index contributed by atoms with van der Waals surface area (Å²) in [6.45, 7) is 2.02. The maximum Gasteiger partial charge on any atom is 0.248 e. The third-order valence-corrected chi connectivity index (χ3v) is 4.48. The van der Waals surface area contributed by atoms with E-state index in [1.54, 1.807) is 11.8 Å². The summed E-state index contributed by atoms with van der Waals surface area (Å²) in [7, 11) is 0. The van der Waals surface area contributed by atoms with Gasteiger partial charge in [-0.1, -0.05) is 13.0 Å². The Kier molecular flexibility index (Phi) is 1.63. The molecule has 1 atom stereocenters. The Hall–Kier alpha value is -1.16. The van der Waals surface area contributed by atoms with Crippen molar-refractivity contribution in [3.8, 4) is 0 Å². The topological polar surface area (TPSA) is 46.3 Å². The molecular formula is C11H12N2OS. The summed E-state index contributed by atoms with van der Waals surface area (Å²) in [6.07, 6.45) is 0.732. The first-order valence-electron chi connectivity index (χ1n) is 5.05. The molecule has 3 nitrogen and oxygen atoms in total. The van der Waals surface area contributed by atoms with Gasteiger partial charge in [0.1, 0.15) is 5.54 Å². The van der Waals surface area contributed by atoms with Crippen LogP contribution in [0.25, 0.3) is 0 Å². The molecule has 0 saturated heterocycles. The zero-order chi connectivity index (χ0) is 10.6. The fraction of sp³-hybridized carbons (Fsp3) is 0.364. The van der Waals surface area contributed by atoms with E-state index in [1.165, 1.54) is 4.90 Å². The van der Waals surface area contributed by atoms with Gasteiger partial charge in [0.15, 0.2) is 0 Å². The third kappa shape index (κ3) is 0.862. The molecule has 78 valence electrons. The molecule has 1 unspecified atom stereocenters. The highest BCUT2D eigenvalue weighted by atomic mass is 32.2. The number of nitrogens with zero attached hydrogens (tertiary/aromatic N) is 1. The Balaban J connectivity index is 2.28. The van der Waals surface area contributed by atoms with Crippen LogP contribution < -0.4 is 10.6 Å². The Morgan fingerprint density at radius 3 is 3.13 bits per heavy atom. The number of amides is 1. The molecule has 3 heterocycles. The molecular weight excluding hydrogens is 208 g/mol. The normalized spacial score (nSPS) is 26.1. The van der Waals surface area contributed by atoms with Crippen molar-refractivity contribution in [1.82, 2.24) is 0 Å². The number of fused-ring (bicyclic) bond motifs is 1. The number of hydrogen-bond acceptors (Lipinski definition) is 3. The number of rotatable bonds is 2. The maximum atomic E-state index is 11.8. The van der Waals surface area contributed by atoms with E-state index in [2.05, 4.69) is 17.0 Å². The highest BCUT2D eigenvalue weighted by Gasteiger charge is 2.49. The van der Waals surface area contributed by atoms with Gasteiger partial charge in [-0.25, -0.2) is 0 Å². The van der Waals surface area contributed by atoms with Crippen molar-refractivity contribution in [3.63, 3.8) is 0 Å². The van der Waals surface area contributed by atoms with Crippen molar-refractivity contribution in [3.05, 3.63) is 23.8 Å². The summed E-state index contributed by atoms with van der Waals surface area (Å²) in [4.78, 5) is 15.2. The van der Waals surface area contributed by atoms with Crippen molar-refractivity contribution in [2.45, 2.75) is 23.8 Å². The minimum atomic E-state index is -0.586. The van der Waals surface area contributed by atoms with Gasteiger partial charge in [-0.15, -0.1) is 11.8 Å². The van der Waals surface area contributed by atoms with Crippen molar-refractivity contribution < 1.29 is 4.79 Å². The maximum absolute atomic E-state index is 11.8. The van der Waals surface area contributed by atoms with Gasteiger partial charge in [0.2, 0.25) is 5.91 Å². The lowest BCUT2D eigenvalue weighted by molar-refractivity contribution is -0.123. The van der Waals surface area contributed by atoms with Crippen LogP contribution in [0.4, 0.5) is 5.69 Å². The molecule has 4 bridgehead atoms. The first-order valence-corrected chi connectivity index (χ1v) is 6.03. The van der Waals surface area contributed by atoms with E-state index in [4.69, 9.17) is 5.73 Å². The second-order valence-corrected chi connectivity index (χ2v) is 4.95. The molecule has 0 aromatic heterocycles. The largest absolute Gasteiger partial charge is 0.367 e. The van der Waals surface area contributed by atoms with Crippen LogP contribution in [-0.4, -0.2) is 11.8 Å². The Morgan fingerprint density at radius 1 is 1.67 bits per heavy atom. The van der Waals surface area contributed by atoms with Crippen LogP contribution >= 0.6 is 11.8 Å². The van der Waals surface area contributed by atoms with Gasteiger partial charge in [0.25, 0.3) is 0 Å². The lowest BCUT2D eigenvalue weighted by Crippen LogP contribution is -2.55. The number of benzene rings is 1. The van der Waals surface area contributed by atoms with E-state index < -0.39 is 5.54 Å². The Bertz CT molecular complexity index is 460. The highest BCUT2D eigenvalue weighted by Crippen LogP contribution is 2.52. The molecule has 2 N–H and O–H groups in total. The zero-order valence-electron chi connectivity index (χ0n) is 8.49. The molecule has 15 heavy (non-hydrogen) atoms. The molecule has 0 aliphatic carbocycles. The molecule has 3 aliphatic rings. The van der Waals surface area contributed by atoms with Gasteiger partial charge in [0.05, 0.1) is 11.6 Å². The fourth-order valence-electron chi connectivity index (χ4n) is 2.63. The number of nitrogens with two attached hydrogens (primary N) is 1. The van der Waals surface area contributed by atoms with E-state index >= 15 is 0 Å². The SMILES string of the molecule is CCC1(C(N)=O)c2ccc3c(c2)SCN31. The number of hydrogen-bond donors (Lipinski definition) is 1. The fourth-order valence-corrected chi connectivity index (χ4v) is 3.79. The van der Waals surface area contributed by atoms with Crippen molar-refractivity contribution in [2.24, 2.45) is 5.73 Å². The van der Waals surface area contributed by atoms with Crippen LogP contribution in [-0.2, 0) is 10.3 Å². The summed E-state index contributed by atoms with van der Waals surface area (Å²) in [5, 5.41) is 0. The molecule has 0 radical (unpaired) electrons. The molecule has 4 heteroatoms. The lowest BCUT2D eigenvalue weighted by atomic mass is 9.81.